The maximum atomic E-state index is 13.6. The predicted octanol–water partition coefficient (Wildman–Crippen LogP) is 6.07. The molecule has 0 fully saturated rings. The van der Waals surface area contributed by atoms with E-state index in [-0.39, 0.29) is 28.0 Å². The summed E-state index contributed by atoms with van der Waals surface area (Å²) >= 11 is 0. The van der Waals surface area contributed by atoms with E-state index in [0.717, 1.165) is 23.8 Å². The van der Waals surface area contributed by atoms with Crippen LogP contribution in [0.5, 0.6) is 0 Å². The molecule has 0 unspecified atom stereocenters. The Hall–Kier alpha value is -4.72. The maximum Gasteiger partial charge on any atom is 0.417 e. The van der Waals surface area contributed by atoms with Crippen LogP contribution in [0.2, 0.25) is 0 Å². The third-order valence-corrected chi connectivity index (χ3v) is 5.64. The predicted molar refractivity (Wildman–Crippen MR) is 128 cm³/mol. The van der Waals surface area contributed by atoms with Crippen molar-refractivity contribution in [3.05, 3.63) is 114 Å². The molecule has 0 amide bonds. The molecular formula is C28H15F3N3O2. The molecule has 0 N–H and O–H groups in total. The fourth-order valence-corrected chi connectivity index (χ4v) is 3.89. The summed E-state index contributed by atoms with van der Waals surface area (Å²) in [5.74, 6) is -0.390. The number of nitrogens with zero attached hydrogens (tertiary/aromatic N) is 3. The van der Waals surface area contributed by atoms with Crippen molar-refractivity contribution in [1.29, 1.82) is 0 Å². The second-order valence-corrected chi connectivity index (χ2v) is 7.97. The van der Waals surface area contributed by atoms with Crippen LogP contribution in [-0.2, 0) is 11.0 Å². The Bertz CT molecular complexity index is 1620. The van der Waals surface area contributed by atoms with Crippen LogP contribution in [0, 0.1) is 0 Å². The van der Waals surface area contributed by atoms with Crippen molar-refractivity contribution in [2.75, 3.05) is 0 Å². The van der Waals surface area contributed by atoms with Gasteiger partial charge in [0.05, 0.1) is 28.5 Å². The number of aromatic nitrogens is 3. The first-order valence-electron chi connectivity index (χ1n) is 10.8. The molecule has 8 heteroatoms. The van der Waals surface area contributed by atoms with Crippen LogP contribution in [0.1, 0.15) is 27.0 Å². The van der Waals surface area contributed by atoms with Gasteiger partial charge in [0.15, 0.2) is 5.78 Å². The van der Waals surface area contributed by atoms with E-state index in [1.54, 1.807) is 49.1 Å². The third-order valence-electron chi connectivity index (χ3n) is 5.64. The Kier molecular flexibility index (Phi) is 5.85. The highest BCUT2D eigenvalue weighted by atomic mass is 19.4. The molecule has 0 bridgehead atoms. The van der Waals surface area contributed by atoms with Gasteiger partial charge in [-0.3, -0.25) is 19.6 Å². The molecule has 0 aliphatic heterocycles. The van der Waals surface area contributed by atoms with E-state index in [2.05, 4.69) is 15.0 Å². The highest BCUT2D eigenvalue weighted by Gasteiger charge is 2.33. The zero-order valence-electron chi connectivity index (χ0n) is 18.5. The number of fused-ring (bicyclic) bond motifs is 1. The number of pyridine rings is 1. The van der Waals surface area contributed by atoms with E-state index in [9.17, 15) is 22.8 Å². The second-order valence-electron chi connectivity index (χ2n) is 7.97. The van der Waals surface area contributed by atoms with Gasteiger partial charge in [0, 0.05) is 34.6 Å². The molecule has 1 radical (unpaired) electrons. The summed E-state index contributed by atoms with van der Waals surface area (Å²) in [4.78, 5) is 37.4. The first-order valence-corrected chi connectivity index (χ1v) is 10.8. The van der Waals surface area contributed by atoms with Crippen LogP contribution in [-0.4, -0.2) is 27.0 Å². The van der Waals surface area contributed by atoms with Gasteiger partial charge in [-0.2, -0.15) is 13.2 Å². The quantitative estimate of drug-likeness (QED) is 0.285. The summed E-state index contributed by atoms with van der Waals surface area (Å²) in [6.07, 6.45) is 1.89. The first kappa shape index (κ1) is 23.0. The minimum absolute atomic E-state index is 0.0211. The van der Waals surface area contributed by atoms with Crippen molar-refractivity contribution in [1.82, 2.24) is 15.0 Å². The van der Waals surface area contributed by atoms with Crippen molar-refractivity contribution >= 4 is 23.1 Å². The highest BCUT2D eigenvalue weighted by molar-refractivity contribution is 6.10. The van der Waals surface area contributed by atoms with Crippen LogP contribution in [0.4, 0.5) is 13.2 Å². The van der Waals surface area contributed by atoms with Gasteiger partial charge >= 0.3 is 6.18 Å². The molecule has 175 valence electrons. The van der Waals surface area contributed by atoms with Gasteiger partial charge in [0.25, 0.3) is 0 Å². The van der Waals surface area contributed by atoms with Crippen molar-refractivity contribution in [2.24, 2.45) is 0 Å². The molecular weight excluding hydrogens is 467 g/mol. The lowest BCUT2D eigenvalue weighted by Gasteiger charge is -2.14. The monoisotopic (exact) mass is 482 g/mol. The molecule has 2 aromatic heterocycles. The van der Waals surface area contributed by atoms with E-state index in [4.69, 9.17) is 0 Å². The highest BCUT2D eigenvalue weighted by Crippen LogP contribution is 2.38. The molecule has 5 nitrogen and oxygen atoms in total. The van der Waals surface area contributed by atoms with Crippen molar-refractivity contribution in [2.45, 2.75) is 6.18 Å². The average Bonchev–Trinajstić information content (AvgIpc) is 2.91. The Morgan fingerprint density at radius 3 is 2.36 bits per heavy atom. The average molecular weight is 482 g/mol. The zero-order chi connectivity index (χ0) is 25.3. The fraction of sp³-hybridized carbons (Fsp3) is 0.0357. The van der Waals surface area contributed by atoms with Gasteiger partial charge in [-0.15, -0.1) is 0 Å². The van der Waals surface area contributed by atoms with Crippen LogP contribution >= 0.6 is 0 Å². The summed E-state index contributed by atoms with van der Waals surface area (Å²) in [5, 5.41) is 0. The standard InChI is InChI=1S/C28H15F3N3O2/c29-28(30,31)23-8-6-17(16-35)11-22(23)18-3-1-4-19(12-18)27(36)20-7-9-24-25(13-20)34-26(15-33-24)21-5-2-10-32-14-21/h1-15H. The Morgan fingerprint density at radius 1 is 0.806 bits per heavy atom. The number of hydrogen-bond acceptors (Lipinski definition) is 5. The smallest absolute Gasteiger partial charge is 0.289 e. The minimum atomic E-state index is -4.64. The van der Waals surface area contributed by atoms with Gasteiger partial charge in [-0.25, -0.2) is 4.98 Å². The van der Waals surface area contributed by atoms with Crippen LogP contribution in [0.15, 0.2) is 91.4 Å². The lowest BCUT2D eigenvalue weighted by molar-refractivity contribution is -0.137. The van der Waals surface area contributed by atoms with E-state index in [0.29, 0.717) is 22.3 Å². The molecule has 3 aromatic carbocycles. The maximum absolute atomic E-state index is 13.6. The number of carbonyl (C=O) groups excluding carboxylic acids is 2. The number of rotatable bonds is 5. The third kappa shape index (κ3) is 4.48. The number of halogens is 3. The van der Waals surface area contributed by atoms with Crippen LogP contribution in [0.25, 0.3) is 33.4 Å². The van der Waals surface area contributed by atoms with Crippen molar-refractivity contribution < 1.29 is 22.8 Å². The molecule has 0 spiro atoms. The van der Waals surface area contributed by atoms with Crippen LogP contribution in [0.3, 0.4) is 0 Å². The summed E-state index contributed by atoms with van der Waals surface area (Å²) in [7, 11) is 0. The van der Waals surface area contributed by atoms with Gasteiger partial charge in [-0.05, 0) is 59.7 Å². The number of carbonyl (C=O) groups is 1. The Balaban J connectivity index is 1.54. The van der Waals surface area contributed by atoms with E-state index in [1.807, 2.05) is 6.07 Å². The van der Waals surface area contributed by atoms with E-state index >= 15 is 0 Å². The van der Waals surface area contributed by atoms with E-state index < -0.39 is 11.7 Å². The molecule has 0 atom stereocenters. The number of alkyl halides is 3. The number of ketones is 1. The first-order chi connectivity index (χ1) is 17.3. The largest absolute Gasteiger partial charge is 0.417 e. The van der Waals surface area contributed by atoms with E-state index in [1.165, 1.54) is 24.3 Å². The Labute approximate surface area is 203 Å². The molecule has 2 heterocycles. The molecule has 0 saturated carbocycles. The van der Waals surface area contributed by atoms with Gasteiger partial charge in [0.1, 0.15) is 0 Å². The van der Waals surface area contributed by atoms with Gasteiger partial charge in [-0.1, -0.05) is 24.3 Å². The molecule has 0 aliphatic carbocycles. The summed E-state index contributed by atoms with van der Waals surface area (Å²) in [6, 6.07) is 17.4. The Morgan fingerprint density at radius 2 is 1.61 bits per heavy atom. The molecule has 0 aliphatic rings. The van der Waals surface area contributed by atoms with Crippen LogP contribution < -0.4 is 0 Å². The molecule has 5 rings (SSSR count). The normalized spacial score (nSPS) is 11.4. The number of hydrogen-bond donors (Lipinski definition) is 0. The lowest BCUT2D eigenvalue weighted by Crippen LogP contribution is -2.08. The molecule has 5 aromatic rings. The molecule has 36 heavy (non-hydrogen) atoms. The lowest BCUT2D eigenvalue weighted by atomic mass is 9.94. The molecule has 0 saturated heterocycles. The summed E-state index contributed by atoms with van der Waals surface area (Å²) < 4.78 is 40.8. The number of benzene rings is 3. The fourth-order valence-electron chi connectivity index (χ4n) is 3.89. The van der Waals surface area contributed by atoms with Gasteiger partial charge in [0.2, 0.25) is 6.29 Å². The van der Waals surface area contributed by atoms with Crippen molar-refractivity contribution in [3.8, 4) is 22.4 Å². The second kappa shape index (κ2) is 9.14. The SMILES string of the molecule is O=[C]c1ccc(C(F)(F)F)c(-c2cccc(C(=O)c3ccc4ncc(-c5cccnc5)nc4c3)c2)c1. The zero-order valence-corrected chi connectivity index (χ0v) is 18.5. The minimum Gasteiger partial charge on any atom is -0.289 e. The topological polar surface area (TPSA) is 72.8 Å². The van der Waals surface area contributed by atoms with Crippen molar-refractivity contribution in [3.63, 3.8) is 0 Å². The summed E-state index contributed by atoms with van der Waals surface area (Å²) in [6.45, 7) is 0. The summed E-state index contributed by atoms with van der Waals surface area (Å²) in [5.41, 5.74) is 1.97. The van der Waals surface area contributed by atoms with Gasteiger partial charge < -0.3 is 0 Å².